The summed E-state index contributed by atoms with van der Waals surface area (Å²) in [5.41, 5.74) is 0. The zero-order valence-electron chi connectivity index (χ0n) is 6.26. The molecule has 2 heteroatoms. The maximum Gasteiger partial charge on any atom is 0.184 e. The Morgan fingerprint density at radius 2 is 2.45 bits per heavy atom. The zero-order valence-corrected chi connectivity index (χ0v) is 7.07. The van der Waals surface area contributed by atoms with E-state index in [1.165, 1.54) is 11.3 Å². The van der Waals surface area contributed by atoms with Gasteiger partial charge in [0.2, 0.25) is 0 Å². The minimum absolute atomic E-state index is 0.0469. The Morgan fingerprint density at radius 1 is 1.73 bits per heavy atom. The van der Waals surface area contributed by atoms with Crippen LogP contribution in [0, 0.1) is 19.3 Å². The van der Waals surface area contributed by atoms with E-state index in [0.29, 0.717) is 0 Å². The molecular formula is C9H8OS. The summed E-state index contributed by atoms with van der Waals surface area (Å²) in [6, 6.07) is 3.74. The molecule has 0 aliphatic rings. The van der Waals surface area contributed by atoms with Crippen molar-refractivity contribution in [3.8, 4) is 12.3 Å². The minimum Gasteiger partial charge on any atom is -0.292 e. The molecule has 1 nitrogen and oxygen atoms in total. The van der Waals surface area contributed by atoms with Gasteiger partial charge in [0.15, 0.2) is 5.78 Å². The maximum atomic E-state index is 11.1. The standard InChI is InChI=1S/C9H8OS/c1-3-4-8(10)9-6-5-7(2)11-9/h1,5-6H,4H2,2H3. The van der Waals surface area contributed by atoms with Crippen LogP contribution in [0.25, 0.3) is 0 Å². The van der Waals surface area contributed by atoms with Crippen molar-refractivity contribution in [1.82, 2.24) is 0 Å². The minimum atomic E-state index is 0.0469. The van der Waals surface area contributed by atoms with Crippen molar-refractivity contribution in [2.24, 2.45) is 0 Å². The van der Waals surface area contributed by atoms with Crippen molar-refractivity contribution >= 4 is 17.1 Å². The third-order valence-corrected chi connectivity index (χ3v) is 2.32. The Labute approximate surface area is 70.1 Å². The number of rotatable bonds is 2. The van der Waals surface area contributed by atoms with Crippen LogP contribution in [0.2, 0.25) is 0 Å². The lowest BCUT2D eigenvalue weighted by atomic mass is 10.2. The second kappa shape index (κ2) is 3.36. The molecular weight excluding hydrogens is 156 g/mol. The van der Waals surface area contributed by atoms with E-state index in [2.05, 4.69) is 5.92 Å². The van der Waals surface area contributed by atoms with Crippen LogP contribution in [0.5, 0.6) is 0 Å². The number of thiophene rings is 1. The average Bonchev–Trinajstić information content (AvgIpc) is 2.36. The molecule has 0 spiro atoms. The molecule has 0 bridgehead atoms. The van der Waals surface area contributed by atoms with Gasteiger partial charge in [0, 0.05) is 4.88 Å². The summed E-state index contributed by atoms with van der Waals surface area (Å²) >= 11 is 1.49. The van der Waals surface area contributed by atoms with Gasteiger partial charge in [-0.3, -0.25) is 4.79 Å². The molecule has 0 unspecified atom stereocenters. The topological polar surface area (TPSA) is 17.1 Å². The first-order valence-corrected chi connectivity index (χ1v) is 4.09. The molecule has 56 valence electrons. The SMILES string of the molecule is C#CCC(=O)c1ccc(C)s1. The van der Waals surface area contributed by atoms with Crippen LogP contribution in [-0.4, -0.2) is 5.78 Å². The molecule has 0 saturated carbocycles. The first-order chi connectivity index (χ1) is 5.24. The number of Topliss-reactive ketones (excluding diaryl/α,β-unsaturated/α-hetero) is 1. The fourth-order valence-electron chi connectivity index (χ4n) is 0.764. The number of hydrogen-bond donors (Lipinski definition) is 0. The van der Waals surface area contributed by atoms with Gasteiger partial charge in [0.25, 0.3) is 0 Å². The molecule has 0 radical (unpaired) electrons. The van der Waals surface area contributed by atoms with Crippen LogP contribution in [0.4, 0.5) is 0 Å². The van der Waals surface area contributed by atoms with E-state index in [4.69, 9.17) is 6.42 Å². The highest BCUT2D eigenvalue weighted by molar-refractivity contribution is 7.14. The van der Waals surface area contributed by atoms with Crippen molar-refractivity contribution in [3.63, 3.8) is 0 Å². The number of hydrogen-bond acceptors (Lipinski definition) is 2. The van der Waals surface area contributed by atoms with Crippen molar-refractivity contribution in [1.29, 1.82) is 0 Å². The fourth-order valence-corrected chi connectivity index (χ4v) is 1.57. The predicted molar refractivity (Wildman–Crippen MR) is 46.8 cm³/mol. The van der Waals surface area contributed by atoms with Crippen LogP contribution >= 0.6 is 11.3 Å². The monoisotopic (exact) mass is 164 g/mol. The molecule has 0 fully saturated rings. The maximum absolute atomic E-state index is 11.1. The fraction of sp³-hybridized carbons (Fsp3) is 0.222. The second-order valence-electron chi connectivity index (χ2n) is 2.21. The van der Waals surface area contributed by atoms with E-state index in [-0.39, 0.29) is 12.2 Å². The molecule has 0 aliphatic carbocycles. The molecule has 11 heavy (non-hydrogen) atoms. The van der Waals surface area contributed by atoms with Crippen molar-refractivity contribution in [2.75, 3.05) is 0 Å². The molecule has 0 atom stereocenters. The van der Waals surface area contributed by atoms with Crippen LogP contribution in [0.1, 0.15) is 21.0 Å². The Kier molecular flexibility index (Phi) is 2.45. The van der Waals surface area contributed by atoms with E-state index in [1.807, 2.05) is 19.1 Å². The van der Waals surface area contributed by atoms with Gasteiger partial charge in [0.05, 0.1) is 11.3 Å². The number of ketones is 1. The van der Waals surface area contributed by atoms with Gasteiger partial charge in [-0.05, 0) is 19.1 Å². The van der Waals surface area contributed by atoms with Gasteiger partial charge >= 0.3 is 0 Å². The smallest absolute Gasteiger partial charge is 0.184 e. The van der Waals surface area contributed by atoms with Gasteiger partial charge in [0.1, 0.15) is 0 Å². The number of terminal acetylenes is 1. The molecule has 1 heterocycles. The Hall–Kier alpha value is -1.07. The van der Waals surface area contributed by atoms with Gasteiger partial charge in [-0.15, -0.1) is 17.8 Å². The van der Waals surface area contributed by atoms with Gasteiger partial charge in [-0.1, -0.05) is 5.92 Å². The summed E-state index contributed by atoms with van der Waals surface area (Å²) in [4.78, 5) is 13.0. The lowest BCUT2D eigenvalue weighted by Crippen LogP contribution is -1.91. The first-order valence-electron chi connectivity index (χ1n) is 3.27. The molecule has 0 N–H and O–H groups in total. The molecule has 0 saturated heterocycles. The highest BCUT2D eigenvalue weighted by atomic mass is 32.1. The van der Waals surface area contributed by atoms with Gasteiger partial charge in [-0.2, -0.15) is 0 Å². The van der Waals surface area contributed by atoms with Crippen LogP contribution < -0.4 is 0 Å². The third-order valence-electron chi connectivity index (χ3n) is 1.28. The van der Waals surface area contributed by atoms with E-state index in [0.717, 1.165) is 9.75 Å². The molecule has 0 aromatic carbocycles. The quantitative estimate of drug-likeness (QED) is 0.484. The molecule has 0 amide bonds. The molecule has 1 aromatic rings. The third kappa shape index (κ3) is 1.92. The summed E-state index contributed by atoms with van der Waals surface area (Å²) in [6.45, 7) is 1.97. The largest absolute Gasteiger partial charge is 0.292 e. The first kappa shape index (κ1) is 8.03. The zero-order chi connectivity index (χ0) is 8.27. The summed E-state index contributed by atoms with van der Waals surface area (Å²) in [7, 11) is 0. The average molecular weight is 164 g/mol. The van der Waals surface area contributed by atoms with Crippen molar-refractivity contribution < 1.29 is 4.79 Å². The van der Waals surface area contributed by atoms with Crippen LogP contribution in [0.3, 0.4) is 0 Å². The highest BCUT2D eigenvalue weighted by Crippen LogP contribution is 2.16. The van der Waals surface area contributed by atoms with E-state index < -0.39 is 0 Å². The highest BCUT2D eigenvalue weighted by Gasteiger charge is 2.04. The molecule has 1 aromatic heterocycles. The Morgan fingerprint density at radius 3 is 2.91 bits per heavy atom. The summed E-state index contributed by atoms with van der Waals surface area (Å²) in [6.07, 6.45) is 5.22. The van der Waals surface area contributed by atoms with Crippen molar-refractivity contribution in [2.45, 2.75) is 13.3 Å². The number of carbonyl (C=O) groups is 1. The van der Waals surface area contributed by atoms with Crippen molar-refractivity contribution in [3.05, 3.63) is 21.9 Å². The van der Waals surface area contributed by atoms with Gasteiger partial charge in [-0.25, -0.2) is 0 Å². The van der Waals surface area contributed by atoms with Crippen LogP contribution in [-0.2, 0) is 0 Å². The Balaban J connectivity index is 2.78. The van der Waals surface area contributed by atoms with E-state index >= 15 is 0 Å². The van der Waals surface area contributed by atoms with Crippen LogP contribution in [0.15, 0.2) is 12.1 Å². The molecule has 1 rings (SSSR count). The lowest BCUT2D eigenvalue weighted by Gasteiger charge is -1.87. The molecule has 0 aliphatic heterocycles. The van der Waals surface area contributed by atoms with E-state index in [1.54, 1.807) is 0 Å². The summed E-state index contributed by atoms with van der Waals surface area (Å²) < 4.78 is 0. The number of carbonyl (C=O) groups excluding carboxylic acids is 1. The lowest BCUT2D eigenvalue weighted by molar-refractivity contribution is 0.100. The number of aryl methyl sites for hydroxylation is 1. The predicted octanol–water partition coefficient (Wildman–Crippen LogP) is 2.26. The Bertz CT molecular complexity index is 304. The summed E-state index contributed by atoms with van der Waals surface area (Å²) in [5, 5.41) is 0. The van der Waals surface area contributed by atoms with E-state index in [9.17, 15) is 4.79 Å². The second-order valence-corrected chi connectivity index (χ2v) is 3.50. The van der Waals surface area contributed by atoms with Gasteiger partial charge < -0.3 is 0 Å². The summed E-state index contributed by atoms with van der Waals surface area (Å²) in [5.74, 6) is 2.38. The normalized spacial score (nSPS) is 9.09.